The molecule has 1 amide bonds. The number of hydrogen-bond acceptors (Lipinski definition) is 4. The predicted molar refractivity (Wildman–Crippen MR) is 60.7 cm³/mol. The molecule has 2 unspecified atom stereocenters. The highest BCUT2D eigenvalue weighted by Gasteiger charge is 2.32. The van der Waals surface area contributed by atoms with Gasteiger partial charge in [0.2, 0.25) is 5.91 Å². The second kappa shape index (κ2) is 5.61. The molecule has 1 saturated heterocycles. The van der Waals surface area contributed by atoms with Crippen molar-refractivity contribution in [2.24, 2.45) is 11.7 Å². The molecule has 1 rings (SSSR count). The van der Waals surface area contributed by atoms with E-state index in [0.29, 0.717) is 26.1 Å². The molecule has 94 valence electrons. The number of rotatable bonds is 5. The van der Waals surface area contributed by atoms with E-state index < -0.39 is 5.79 Å². The predicted octanol–water partition coefficient (Wildman–Crippen LogP) is 0.239. The topological polar surface area (TPSA) is 73.6 Å². The number of nitrogens with two attached hydrogens (primary N) is 1. The summed E-state index contributed by atoms with van der Waals surface area (Å²) >= 11 is 0. The number of ether oxygens (including phenoxy) is 2. The third-order valence-electron chi connectivity index (χ3n) is 2.53. The minimum Gasteiger partial charge on any atom is -0.353 e. The van der Waals surface area contributed by atoms with Gasteiger partial charge in [-0.15, -0.1) is 0 Å². The summed E-state index contributed by atoms with van der Waals surface area (Å²) in [5, 5.41) is 2.83. The van der Waals surface area contributed by atoms with Crippen LogP contribution < -0.4 is 11.1 Å². The SMILES string of the molecule is CC(CN)CC(=O)NCC1COC(C)(C)O1. The Bertz CT molecular complexity index is 243. The molecule has 0 aromatic carbocycles. The zero-order chi connectivity index (χ0) is 12.2. The summed E-state index contributed by atoms with van der Waals surface area (Å²) in [6.45, 7) is 7.25. The van der Waals surface area contributed by atoms with Crippen LogP contribution in [0.3, 0.4) is 0 Å². The van der Waals surface area contributed by atoms with E-state index in [1.807, 2.05) is 20.8 Å². The summed E-state index contributed by atoms with van der Waals surface area (Å²) < 4.78 is 11.0. The van der Waals surface area contributed by atoms with E-state index in [2.05, 4.69) is 5.32 Å². The van der Waals surface area contributed by atoms with Gasteiger partial charge in [0.15, 0.2) is 5.79 Å². The van der Waals surface area contributed by atoms with Crippen molar-refractivity contribution in [2.75, 3.05) is 19.7 Å². The Morgan fingerprint density at radius 1 is 1.62 bits per heavy atom. The molecule has 0 saturated carbocycles. The summed E-state index contributed by atoms with van der Waals surface area (Å²) in [4.78, 5) is 11.5. The van der Waals surface area contributed by atoms with Crippen molar-refractivity contribution in [2.45, 2.75) is 39.1 Å². The van der Waals surface area contributed by atoms with E-state index in [4.69, 9.17) is 15.2 Å². The average Bonchev–Trinajstić information content (AvgIpc) is 2.55. The highest BCUT2D eigenvalue weighted by molar-refractivity contribution is 5.76. The van der Waals surface area contributed by atoms with Crippen LogP contribution in [-0.4, -0.2) is 37.5 Å². The number of hydrogen-bond donors (Lipinski definition) is 2. The van der Waals surface area contributed by atoms with E-state index in [-0.39, 0.29) is 17.9 Å². The summed E-state index contributed by atoms with van der Waals surface area (Å²) in [6, 6.07) is 0. The average molecular weight is 230 g/mol. The Morgan fingerprint density at radius 2 is 2.31 bits per heavy atom. The fourth-order valence-corrected chi connectivity index (χ4v) is 1.56. The highest BCUT2D eigenvalue weighted by atomic mass is 16.7. The van der Waals surface area contributed by atoms with E-state index in [9.17, 15) is 4.79 Å². The number of carbonyl (C=O) groups excluding carboxylic acids is 1. The minimum absolute atomic E-state index is 0.0197. The fourth-order valence-electron chi connectivity index (χ4n) is 1.56. The monoisotopic (exact) mass is 230 g/mol. The third-order valence-corrected chi connectivity index (χ3v) is 2.53. The Hall–Kier alpha value is -0.650. The van der Waals surface area contributed by atoms with Crippen LogP contribution in [0.1, 0.15) is 27.2 Å². The summed E-state index contributed by atoms with van der Waals surface area (Å²) in [5.41, 5.74) is 5.45. The van der Waals surface area contributed by atoms with Crippen LogP contribution in [0.4, 0.5) is 0 Å². The Kier molecular flexibility index (Phi) is 4.70. The lowest BCUT2D eigenvalue weighted by Crippen LogP contribution is -2.35. The Morgan fingerprint density at radius 3 is 2.81 bits per heavy atom. The van der Waals surface area contributed by atoms with Gasteiger partial charge in [0.1, 0.15) is 6.10 Å². The standard InChI is InChI=1S/C11H22N2O3/c1-8(5-12)4-10(14)13-6-9-7-15-11(2,3)16-9/h8-9H,4-7,12H2,1-3H3,(H,13,14). The van der Waals surface area contributed by atoms with E-state index in [0.717, 1.165) is 0 Å². The van der Waals surface area contributed by atoms with Crippen LogP contribution in [-0.2, 0) is 14.3 Å². The summed E-state index contributed by atoms with van der Waals surface area (Å²) in [5.74, 6) is -0.289. The van der Waals surface area contributed by atoms with Crippen molar-refractivity contribution in [3.8, 4) is 0 Å². The second-order valence-corrected chi connectivity index (χ2v) is 4.80. The first-order valence-corrected chi connectivity index (χ1v) is 5.71. The first-order chi connectivity index (χ1) is 7.43. The third kappa shape index (κ3) is 4.47. The van der Waals surface area contributed by atoms with E-state index in [1.165, 1.54) is 0 Å². The lowest BCUT2D eigenvalue weighted by molar-refractivity contribution is -0.139. The van der Waals surface area contributed by atoms with E-state index in [1.54, 1.807) is 0 Å². The van der Waals surface area contributed by atoms with Gasteiger partial charge in [-0.05, 0) is 26.3 Å². The molecule has 0 aromatic heterocycles. The largest absolute Gasteiger partial charge is 0.353 e. The van der Waals surface area contributed by atoms with Gasteiger partial charge in [0.25, 0.3) is 0 Å². The van der Waals surface area contributed by atoms with Gasteiger partial charge in [0.05, 0.1) is 6.61 Å². The molecule has 1 aliphatic heterocycles. The lowest BCUT2D eigenvalue weighted by Gasteiger charge is -2.17. The molecule has 3 N–H and O–H groups in total. The molecule has 0 bridgehead atoms. The first kappa shape index (κ1) is 13.4. The molecule has 0 spiro atoms. The zero-order valence-electron chi connectivity index (χ0n) is 10.3. The second-order valence-electron chi connectivity index (χ2n) is 4.80. The molecule has 0 radical (unpaired) electrons. The van der Waals surface area contributed by atoms with Gasteiger partial charge in [-0.1, -0.05) is 6.92 Å². The molecular formula is C11H22N2O3. The molecule has 5 nitrogen and oxygen atoms in total. The maximum Gasteiger partial charge on any atom is 0.220 e. The maximum absolute atomic E-state index is 11.5. The van der Waals surface area contributed by atoms with Crippen molar-refractivity contribution in [3.63, 3.8) is 0 Å². The lowest BCUT2D eigenvalue weighted by atomic mass is 10.1. The summed E-state index contributed by atoms with van der Waals surface area (Å²) in [7, 11) is 0. The molecule has 0 aliphatic carbocycles. The quantitative estimate of drug-likeness (QED) is 0.709. The van der Waals surface area contributed by atoms with Crippen molar-refractivity contribution >= 4 is 5.91 Å². The first-order valence-electron chi connectivity index (χ1n) is 5.71. The Balaban J connectivity index is 2.18. The van der Waals surface area contributed by atoms with Gasteiger partial charge in [-0.25, -0.2) is 0 Å². The van der Waals surface area contributed by atoms with Gasteiger partial charge in [0, 0.05) is 13.0 Å². The highest BCUT2D eigenvalue weighted by Crippen LogP contribution is 2.21. The van der Waals surface area contributed by atoms with E-state index >= 15 is 0 Å². The fraction of sp³-hybridized carbons (Fsp3) is 0.909. The van der Waals surface area contributed by atoms with Gasteiger partial charge in [-0.3, -0.25) is 4.79 Å². The van der Waals surface area contributed by atoms with Crippen LogP contribution >= 0.6 is 0 Å². The normalized spacial score (nSPS) is 25.4. The number of nitrogens with one attached hydrogen (secondary N) is 1. The molecule has 16 heavy (non-hydrogen) atoms. The van der Waals surface area contributed by atoms with Crippen LogP contribution in [0.15, 0.2) is 0 Å². The number of amides is 1. The molecule has 1 fully saturated rings. The van der Waals surface area contributed by atoms with Gasteiger partial charge >= 0.3 is 0 Å². The molecular weight excluding hydrogens is 208 g/mol. The number of carbonyl (C=O) groups is 1. The van der Waals surface area contributed by atoms with Crippen molar-refractivity contribution in [3.05, 3.63) is 0 Å². The van der Waals surface area contributed by atoms with Crippen LogP contribution in [0.25, 0.3) is 0 Å². The van der Waals surface area contributed by atoms with Gasteiger partial charge < -0.3 is 20.5 Å². The summed E-state index contributed by atoms with van der Waals surface area (Å²) in [6.07, 6.45) is 0.417. The molecule has 2 atom stereocenters. The van der Waals surface area contributed by atoms with Gasteiger partial charge in [-0.2, -0.15) is 0 Å². The van der Waals surface area contributed by atoms with Crippen LogP contribution in [0.2, 0.25) is 0 Å². The molecule has 0 aromatic rings. The molecule has 1 aliphatic rings. The molecule has 5 heteroatoms. The van der Waals surface area contributed by atoms with Crippen molar-refractivity contribution in [1.82, 2.24) is 5.32 Å². The smallest absolute Gasteiger partial charge is 0.220 e. The van der Waals surface area contributed by atoms with Crippen molar-refractivity contribution in [1.29, 1.82) is 0 Å². The zero-order valence-corrected chi connectivity index (χ0v) is 10.3. The van der Waals surface area contributed by atoms with Crippen LogP contribution in [0.5, 0.6) is 0 Å². The van der Waals surface area contributed by atoms with Crippen LogP contribution in [0, 0.1) is 5.92 Å². The Labute approximate surface area is 96.7 Å². The molecule has 1 heterocycles. The minimum atomic E-state index is -0.528. The maximum atomic E-state index is 11.5. The van der Waals surface area contributed by atoms with Crippen molar-refractivity contribution < 1.29 is 14.3 Å².